The lowest BCUT2D eigenvalue weighted by molar-refractivity contribution is 0.402. The molecule has 1 aliphatic carbocycles. The number of rotatable bonds is 6. The molecular formula is C55H44N2. The van der Waals surface area contributed by atoms with Crippen LogP contribution in [0, 0.1) is 6.92 Å². The average Bonchev–Trinajstić information content (AvgIpc) is 3.61. The van der Waals surface area contributed by atoms with Crippen molar-refractivity contribution < 1.29 is 0 Å². The second-order valence-electron chi connectivity index (χ2n) is 16.0. The van der Waals surface area contributed by atoms with E-state index in [-0.39, 0.29) is 0 Å². The molecule has 57 heavy (non-hydrogen) atoms. The lowest BCUT2D eigenvalue weighted by atomic mass is 9.82. The molecule has 1 heterocycles. The Morgan fingerprint density at radius 3 is 1.88 bits per heavy atom. The highest BCUT2D eigenvalue weighted by Crippen LogP contribution is 2.52. The van der Waals surface area contributed by atoms with Crippen LogP contribution in [0.2, 0.25) is 0 Å². The van der Waals surface area contributed by atoms with E-state index in [9.17, 15) is 0 Å². The second kappa shape index (κ2) is 13.8. The van der Waals surface area contributed by atoms with E-state index in [2.05, 4.69) is 205 Å². The van der Waals surface area contributed by atoms with Gasteiger partial charge in [0.2, 0.25) is 0 Å². The van der Waals surface area contributed by atoms with E-state index in [0.29, 0.717) is 12.0 Å². The van der Waals surface area contributed by atoms with Crippen LogP contribution in [0.5, 0.6) is 0 Å². The third-order valence-corrected chi connectivity index (χ3v) is 12.7. The first kappa shape index (κ1) is 33.7. The summed E-state index contributed by atoms with van der Waals surface area (Å²) in [4.78, 5) is 5.08. The van der Waals surface area contributed by atoms with Crippen molar-refractivity contribution in [2.45, 2.75) is 44.6 Å². The Kier molecular flexibility index (Phi) is 8.17. The van der Waals surface area contributed by atoms with Gasteiger partial charge >= 0.3 is 0 Å². The summed E-state index contributed by atoms with van der Waals surface area (Å²) in [5, 5.41) is 7.56. The van der Waals surface area contributed by atoms with E-state index in [4.69, 9.17) is 0 Å². The van der Waals surface area contributed by atoms with Crippen LogP contribution in [-0.2, 0) is 0 Å². The van der Waals surface area contributed by atoms with Crippen LogP contribution in [0.3, 0.4) is 0 Å². The zero-order chi connectivity index (χ0) is 37.9. The van der Waals surface area contributed by atoms with Gasteiger partial charge in [0, 0.05) is 40.1 Å². The van der Waals surface area contributed by atoms with Gasteiger partial charge in [-0.2, -0.15) is 0 Å². The van der Waals surface area contributed by atoms with Gasteiger partial charge in [-0.3, -0.25) is 0 Å². The molecule has 9 aromatic carbocycles. The van der Waals surface area contributed by atoms with Gasteiger partial charge in [-0.05, 0) is 123 Å². The Hall–Kier alpha value is -6.64. The van der Waals surface area contributed by atoms with Crippen LogP contribution in [0.25, 0.3) is 54.6 Å². The molecule has 9 aromatic rings. The van der Waals surface area contributed by atoms with Gasteiger partial charge in [-0.25, -0.2) is 0 Å². The molecule has 0 amide bonds. The van der Waals surface area contributed by atoms with Crippen LogP contribution < -0.4 is 9.80 Å². The highest BCUT2D eigenvalue weighted by Gasteiger charge is 2.40. The monoisotopic (exact) mass is 732 g/mol. The summed E-state index contributed by atoms with van der Waals surface area (Å²) in [6.07, 6.45) is 5.15. The van der Waals surface area contributed by atoms with E-state index in [1.54, 1.807) is 0 Å². The molecule has 0 N–H and O–H groups in total. The minimum atomic E-state index is 0.529. The smallest absolute Gasteiger partial charge is 0.0540 e. The molecule has 2 aliphatic rings. The van der Waals surface area contributed by atoms with E-state index >= 15 is 0 Å². The number of hydrogen-bond donors (Lipinski definition) is 0. The highest BCUT2D eigenvalue weighted by atomic mass is 15.2. The van der Waals surface area contributed by atoms with Crippen molar-refractivity contribution in [3.05, 3.63) is 199 Å². The van der Waals surface area contributed by atoms with Crippen molar-refractivity contribution >= 4 is 60.8 Å². The Morgan fingerprint density at radius 1 is 0.474 bits per heavy atom. The predicted octanol–water partition coefficient (Wildman–Crippen LogP) is 15.4. The SMILES string of the molecule is Cc1ccc2c(-c3ccc(N(c4ccccc4)c4ccc(N5c6ccccc6C6CCCCC65)cc4)c4ccccc34)c3ccccc3c(-c3ccccc3)c2c1. The van der Waals surface area contributed by atoms with Crippen molar-refractivity contribution in [2.75, 3.05) is 9.80 Å². The van der Waals surface area contributed by atoms with Gasteiger partial charge < -0.3 is 9.80 Å². The highest BCUT2D eigenvalue weighted by molar-refractivity contribution is 6.24. The lowest BCUT2D eigenvalue weighted by Crippen LogP contribution is -2.32. The van der Waals surface area contributed by atoms with Gasteiger partial charge in [-0.15, -0.1) is 0 Å². The van der Waals surface area contributed by atoms with E-state index in [1.165, 1.54) is 103 Å². The summed E-state index contributed by atoms with van der Waals surface area (Å²) in [6, 6.07) is 70.4. The predicted molar refractivity (Wildman–Crippen MR) is 243 cm³/mol. The standard InChI is InChI=1S/C55H44N2/c1-37-28-33-49-50(36-37)54(38-16-4-2-5-17-38)46-24-10-11-25-47(46)55(49)48-34-35-53(43-21-9-8-20-42(43)48)56(39-18-6-3-7-19-39)40-29-31-41(32-30-40)57-51-26-14-12-22-44(51)45-23-13-15-27-52(45)57/h2-12,14,16-22,24-26,28-36,45,52H,13,15,23,27H2,1H3. The molecule has 2 heteroatoms. The maximum absolute atomic E-state index is 2.64. The van der Waals surface area contributed by atoms with Crippen LogP contribution in [0.1, 0.15) is 42.7 Å². The van der Waals surface area contributed by atoms with Crippen LogP contribution >= 0.6 is 0 Å². The molecule has 0 radical (unpaired) electrons. The van der Waals surface area contributed by atoms with Crippen LogP contribution in [0.15, 0.2) is 188 Å². The van der Waals surface area contributed by atoms with Crippen molar-refractivity contribution in [3.63, 3.8) is 0 Å². The van der Waals surface area contributed by atoms with Crippen molar-refractivity contribution in [1.82, 2.24) is 0 Å². The summed E-state index contributed by atoms with van der Waals surface area (Å²) >= 11 is 0. The van der Waals surface area contributed by atoms with Gasteiger partial charge in [0.1, 0.15) is 0 Å². The molecule has 2 atom stereocenters. The largest absolute Gasteiger partial charge is 0.338 e. The normalized spacial score (nSPS) is 16.2. The molecule has 2 unspecified atom stereocenters. The Morgan fingerprint density at radius 2 is 1.09 bits per heavy atom. The fourth-order valence-corrected chi connectivity index (χ4v) is 10.3. The summed E-state index contributed by atoms with van der Waals surface area (Å²) in [7, 11) is 0. The topological polar surface area (TPSA) is 6.48 Å². The molecule has 1 fully saturated rings. The lowest BCUT2D eigenvalue weighted by Gasteiger charge is -2.34. The molecule has 0 aromatic heterocycles. The van der Waals surface area contributed by atoms with Gasteiger partial charge in [0.15, 0.2) is 0 Å². The van der Waals surface area contributed by atoms with Gasteiger partial charge in [0.25, 0.3) is 0 Å². The Labute approximate surface area is 335 Å². The third-order valence-electron chi connectivity index (χ3n) is 12.7. The number of hydrogen-bond acceptors (Lipinski definition) is 2. The number of anilines is 5. The van der Waals surface area contributed by atoms with E-state index in [1.807, 2.05) is 0 Å². The molecule has 1 saturated carbocycles. The fraction of sp³-hybridized carbons (Fsp3) is 0.127. The zero-order valence-corrected chi connectivity index (χ0v) is 32.3. The van der Waals surface area contributed by atoms with Crippen molar-refractivity contribution in [3.8, 4) is 22.3 Å². The Balaban J connectivity index is 1.09. The first-order chi connectivity index (χ1) is 28.2. The minimum absolute atomic E-state index is 0.529. The van der Waals surface area contributed by atoms with Crippen LogP contribution in [-0.4, -0.2) is 6.04 Å². The number of para-hydroxylation sites is 2. The summed E-state index contributed by atoms with van der Waals surface area (Å²) in [6.45, 7) is 2.20. The maximum Gasteiger partial charge on any atom is 0.0540 e. The van der Waals surface area contributed by atoms with Crippen molar-refractivity contribution in [2.24, 2.45) is 0 Å². The molecule has 0 spiro atoms. The number of benzene rings is 9. The van der Waals surface area contributed by atoms with Crippen molar-refractivity contribution in [1.29, 1.82) is 0 Å². The molecule has 0 bridgehead atoms. The maximum atomic E-state index is 2.64. The molecule has 0 saturated heterocycles. The molecular weight excluding hydrogens is 689 g/mol. The van der Waals surface area contributed by atoms with E-state index < -0.39 is 0 Å². The van der Waals surface area contributed by atoms with Gasteiger partial charge in [-0.1, -0.05) is 158 Å². The molecule has 1 aliphatic heterocycles. The molecule has 11 rings (SSSR count). The molecule has 274 valence electrons. The number of nitrogens with zero attached hydrogens (tertiary/aromatic N) is 2. The fourth-order valence-electron chi connectivity index (χ4n) is 10.3. The number of aryl methyl sites for hydroxylation is 1. The summed E-state index contributed by atoms with van der Waals surface area (Å²) < 4.78 is 0. The average molecular weight is 733 g/mol. The minimum Gasteiger partial charge on any atom is -0.338 e. The molecule has 2 nitrogen and oxygen atoms in total. The third kappa shape index (κ3) is 5.54. The van der Waals surface area contributed by atoms with Crippen LogP contribution in [0.4, 0.5) is 28.4 Å². The van der Waals surface area contributed by atoms with Gasteiger partial charge in [0.05, 0.1) is 5.69 Å². The second-order valence-corrected chi connectivity index (χ2v) is 16.0. The quantitative estimate of drug-likeness (QED) is 0.157. The zero-order valence-electron chi connectivity index (χ0n) is 32.3. The first-order valence-corrected chi connectivity index (χ1v) is 20.6. The van der Waals surface area contributed by atoms with E-state index in [0.717, 1.165) is 17.1 Å². The summed E-state index contributed by atoms with van der Waals surface area (Å²) in [5.41, 5.74) is 14.0. The summed E-state index contributed by atoms with van der Waals surface area (Å²) in [5.74, 6) is 0.619. The Bertz CT molecular complexity index is 2930. The number of fused-ring (bicyclic) bond motifs is 6. The first-order valence-electron chi connectivity index (χ1n) is 20.6.